The summed E-state index contributed by atoms with van der Waals surface area (Å²) in [7, 11) is 0. The summed E-state index contributed by atoms with van der Waals surface area (Å²) in [4.78, 5) is 18.7. The molecule has 5 rings (SSSR count). The van der Waals surface area contributed by atoms with Gasteiger partial charge in [0.2, 0.25) is 0 Å². The first-order valence-corrected chi connectivity index (χ1v) is 14.1. The Morgan fingerprint density at radius 2 is 1.89 bits per heavy atom. The SMILES string of the molecule is Cc1ccc(OCc2ccc(CN3CCOCC3)cc2C)c(-c2csc(C3CCC(C(=O)O)CC3)n2)c1. The van der Waals surface area contributed by atoms with Gasteiger partial charge in [0.25, 0.3) is 0 Å². The molecule has 1 aliphatic carbocycles. The molecular weight excluding hydrogens is 484 g/mol. The van der Waals surface area contributed by atoms with Crippen LogP contribution in [0, 0.1) is 19.8 Å². The molecule has 1 aromatic heterocycles. The Labute approximate surface area is 223 Å². The van der Waals surface area contributed by atoms with Crippen molar-refractivity contribution >= 4 is 17.3 Å². The molecule has 0 amide bonds. The standard InChI is InChI=1S/C30H36N2O4S/c1-20-3-10-28(36-18-25-5-4-22(16-21(25)2)17-32-11-13-35-14-12-32)26(15-20)27-19-37-29(31-27)23-6-8-24(9-7-23)30(33)34/h3-5,10,15-16,19,23-24H,6-9,11-14,17-18H2,1-2H3,(H,33,34). The van der Waals surface area contributed by atoms with Crippen LogP contribution in [0.2, 0.25) is 0 Å². The lowest BCUT2D eigenvalue weighted by molar-refractivity contribution is -0.142. The lowest BCUT2D eigenvalue weighted by Crippen LogP contribution is -2.35. The molecule has 0 radical (unpaired) electrons. The van der Waals surface area contributed by atoms with Crippen molar-refractivity contribution in [1.29, 1.82) is 0 Å². The molecule has 0 spiro atoms. The molecule has 37 heavy (non-hydrogen) atoms. The zero-order chi connectivity index (χ0) is 25.8. The predicted molar refractivity (Wildman–Crippen MR) is 146 cm³/mol. The first kappa shape index (κ1) is 25.9. The number of rotatable bonds is 8. The van der Waals surface area contributed by atoms with E-state index in [0.717, 1.165) is 80.5 Å². The molecule has 0 atom stereocenters. The summed E-state index contributed by atoms with van der Waals surface area (Å²) in [5, 5.41) is 12.5. The second kappa shape index (κ2) is 11.8. The molecule has 1 saturated carbocycles. The highest BCUT2D eigenvalue weighted by atomic mass is 32.1. The Morgan fingerprint density at radius 1 is 1.11 bits per heavy atom. The topological polar surface area (TPSA) is 71.9 Å². The van der Waals surface area contributed by atoms with Crippen molar-refractivity contribution in [1.82, 2.24) is 9.88 Å². The lowest BCUT2D eigenvalue weighted by atomic mass is 9.82. The average Bonchev–Trinajstić information content (AvgIpc) is 3.40. The lowest BCUT2D eigenvalue weighted by Gasteiger charge is -2.26. The Hall–Kier alpha value is -2.74. The number of hydrogen-bond acceptors (Lipinski definition) is 6. The van der Waals surface area contributed by atoms with Crippen LogP contribution in [0.3, 0.4) is 0 Å². The van der Waals surface area contributed by atoms with E-state index >= 15 is 0 Å². The number of carboxylic acid groups (broad SMARTS) is 1. The third-order valence-corrected chi connectivity index (χ3v) is 8.67. The smallest absolute Gasteiger partial charge is 0.306 e. The number of aryl methyl sites for hydroxylation is 2. The Bertz CT molecular complexity index is 1230. The van der Waals surface area contributed by atoms with Crippen LogP contribution in [0.5, 0.6) is 5.75 Å². The molecule has 196 valence electrons. The van der Waals surface area contributed by atoms with Gasteiger partial charge in [0.1, 0.15) is 12.4 Å². The van der Waals surface area contributed by atoms with Crippen LogP contribution in [0.1, 0.15) is 58.9 Å². The van der Waals surface area contributed by atoms with Gasteiger partial charge in [0.15, 0.2) is 0 Å². The highest BCUT2D eigenvalue weighted by Crippen LogP contribution is 2.40. The highest BCUT2D eigenvalue weighted by Gasteiger charge is 2.28. The van der Waals surface area contributed by atoms with Crippen molar-refractivity contribution < 1.29 is 19.4 Å². The molecule has 2 aromatic carbocycles. The molecule has 7 heteroatoms. The number of aliphatic carboxylic acids is 1. The monoisotopic (exact) mass is 520 g/mol. The quantitative estimate of drug-likeness (QED) is 0.382. The molecule has 6 nitrogen and oxygen atoms in total. The van der Waals surface area contributed by atoms with Crippen molar-refractivity contribution in [3.8, 4) is 17.0 Å². The van der Waals surface area contributed by atoms with E-state index in [1.165, 1.54) is 22.3 Å². The Balaban J connectivity index is 1.26. The predicted octanol–water partition coefficient (Wildman–Crippen LogP) is 6.20. The van der Waals surface area contributed by atoms with Gasteiger partial charge in [-0.25, -0.2) is 4.98 Å². The number of thiazole rings is 1. The van der Waals surface area contributed by atoms with Crippen LogP contribution in [0.25, 0.3) is 11.3 Å². The first-order valence-electron chi connectivity index (χ1n) is 13.3. The number of hydrogen-bond donors (Lipinski definition) is 1. The van der Waals surface area contributed by atoms with Crippen molar-refractivity contribution in [3.63, 3.8) is 0 Å². The fourth-order valence-electron chi connectivity index (χ4n) is 5.35. The zero-order valence-electron chi connectivity index (χ0n) is 21.7. The maximum absolute atomic E-state index is 11.3. The van der Waals surface area contributed by atoms with Gasteiger partial charge in [-0.1, -0.05) is 29.8 Å². The number of morpholine rings is 1. The van der Waals surface area contributed by atoms with Crippen LogP contribution < -0.4 is 4.74 Å². The van der Waals surface area contributed by atoms with Gasteiger partial charge in [-0.3, -0.25) is 9.69 Å². The summed E-state index contributed by atoms with van der Waals surface area (Å²) in [5.41, 5.74) is 6.88. The van der Waals surface area contributed by atoms with E-state index in [1.807, 2.05) is 6.07 Å². The summed E-state index contributed by atoms with van der Waals surface area (Å²) >= 11 is 1.68. The van der Waals surface area contributed by atoms with Crippen molar-refractivity contribution in [2.24, 2.45) is 5.92 Å². The van der Waals surface area contributed by atoms with E-state index in [4.69, 9.17) is 14.5 Å². The number of aromatic nitrogens is 1. The summed E-state index contributed by atoms with van der Waals surface area (Å²) in [6.45, 7) is 9.32. The molecule has 1 aliphatic heterocycles. The van der Waals surface area contributed by atoms with Gasteiger partial charge in [0, 0.05) is 36.5 Å². The first-order chi connectivity index (χ1) is 18.0. The summed E-state index contributed by atoms with van der Waals surface area (Å²) in [5.74, 6) is 0.321. The van der Waals surface area contributed by atoms with Gasteiger partial charge >= 0.3 is 5.97 Å². The number of carbonyl (C=O) groups is 1. The second-order valence-corrected chi connectivity index (χ2v) is 11.3. The van der Waals surface area contributed by atoms with Crippen LogP contribution in [0.15, 0.2) is 41.8 Å². The summed E-state index contributed by atoms with van der Waals surface area (Å²) in [6, 6.07) is 12.9. The van der Waals surface area contributed by atoms with Gasteiger partial charge in [-0.15, -0.1) is 11.3 Å². The van der Waals surface area contributed by atoms with Crippen molar-refractivity contribution in [2.75, 3.05) is 26.3 Å². The van der Waals surface area contributed by atoms with Gasteiger partial charge in [-0.2, -0.15) is 0 Å². The molecule has 0 unspecified atom stereocenters. The molecule has 1 N–H and O–H groups in total. The minimum Gasteiger partial charge on any atom is -0.488 e. The third kappa shape index (κ3) is 6.40. The molecule has 0 bridgehead atoms. The largest absolute Gasteiger partial charge is 0.488 e. The van der Waals surface area contributed by atoms with Crippen LogP contribution >= 0.6 is 11.3 Å². The van der Waals surface area contributed by atoms with Crippen LogP contribution in [-0.2, 0) is 22.7 Å². The summed E-state index contributed by atoms with van der Waals surface area (Å²) < 4.78 is 11.8. The third-order valence-electron chi connectivity index (χ3n) is 7.66. The van der Waals surface area contributed by atoms with Crippen molar-refractivity contribution in [3.05, 3.63) is 69.0 Å². The minimum atomic E-state index is -0.665. The van der Waals surface area contributed by atoms with E-state index in [0.29, 0.717) is 12.5 Å². The highest BCUT2D eigenvalue weighted by molar-refractivity contribution is 7.10. The van der Waals surface area contributed by atoms with E-state index in [9.17, 15) is 9.90 Å². The average molecular weight is 521 g/mol. The number of benzene rings is 2. The number of carboxylic acids is 1. The van der Waals surface area contributed by atoms with E-state index in [2.05, 4.69) is 54.5 Å². The molecule has 2 aliphatic rings. The normalized spacial score (nSPS) is 20.6. The van der Waals surface area contributed by atoms with Gasteiger partial charge in [-0.05, 0) is 68.4 Å². The molecule has 2 heterocycles. The van der Waals surface area contributed by atoms with Crippen LogP contribution in [-0.4, -0.2) is 47.3 Å². The van der Waals surface area contributed by atoms with E-state index in [-0.39, 0.29) is 5.92 Å². The van der Waals surface area contributed by atoms with Crippen LogP contribution in [0.4, 0.5) is 0 Å². The number of ether oxygens (including phenoxy) is 2. The Morgan fingerprint density at radius 3 is 2.62 bits per heavy atom. The Kier molecular flexibility index (Phi) is 8.23. The minimum absolute atomic E-state index is 0.204. The molecule has 1 saturated heterocycles. The molecule has 3 aromatic rings. The zero-order valence-corrected chi connectivity index (χ0v) is 22.6. The van der Waals surface area contributed by atoms with Gasteiger partial charge in [0.05, 0.1) is 29.8 Å². The maximum Gasteiger partial charge on any atom is 0.306 e. The van der Waals surface area contributed by atoms with Crippen molar-refractivity contribution in [2.45, 2.75) is 58.6 Å². The van der Waals surface area contributed by atoms with Gasteiger partial charge < -0.3 is 14.6 Å². The summed E-state index contributed by atoms with van der Waals surface area (Å²) in [6.07, 6.45) is 3.25. The maximum atomic E-state index is 11.3. The number of nitrogens with zero attached hydrogens (tertiary/aromatic N) is 2. The van der Waals surface area contributed by atoms with E-state index in [1.54, 1.807) is 11.3 Å². The fraction of sp³-hybridized carbons (Fsp3) is 0.467. The molecule has 2 fully saturated rings. The fourth-order valence-corrected chi connectivity index (χ4v) is 6.34. The molecular formula is C30H36N2O4S. The second-order valence-electron chi connectivity index (χ2n) is 10.4. The van der Waals surface area contributed by atoms with E-state index < -0.39 is 5.97 Å².